The summed E-state index contributed by atoms with van der Waals surface area (Å²) in [5.74, 6) is -0.759. The Kier molecular flexibility index (Phi) is 7.94. The second kappa shape index (κ2) is 10.7. The Labute approximate surface area is 207 Å². The molecule has 0 aliphatic heterocycles. The van der Waals surface area contributed by atoms with Gasteiger partial charge in [-0.05, 0) is 76.2 Å². The van der Waals surface area contributed by atoms with Crippen molar-refractivity contribution in [1.82, 2.24) is 0 Å². The van der Waals surface area contributed by atoms with Gasteiger partial charge >= 0.3 is 6.18 Å². The molecule has 1 N–H and O–H groups in total. The molecule has 0 atom stereocenters. The third-order valence-corrected chi connectivity index (χ3v) is 5.81. The number of carbonyl (C=O) groups is 1. The number of rotatable bonds is 6. The van der Waals surface area contributed by atoms with E-state index in [-0.39, 0.29) is 23.5 Å². The van der Waals surface area contributed by atoms with Gasteiger partial charge in [0.25, 0.3) is 5.91 Å². The molecule has 3 aromatic carbocycles. The molecule has 0 bridgehead atoms. The Bertz CT molecular complexity index is 1300. The van der Waals surface area contributed by atoms with E-state index < -0.39 is 17.6 Å². The van der Waals surface area contributed by atoms with Crippen molar-refractivity contribution in [3.8, 4) is 11.8 Å². The normalized spacial score (nSPS) is 11.6. The smallest absolute Gasteiger partial charge is 0.416 e. The average molecular weight is 580 g/mol. The fourth-order valence-corrected chi connectivity index (χ4v) is 4.00. The minimum absolute atomic E-state index is 0.0895. The van der Waals surface area contributed by atoms with Gasteiger partial charge in [0, 0.05) is 21.2 Å². The molecule has 9 heteroatoms. The van der Waals surface area contributed by atoms with Crippen molar-refractivity contribution in [3.05, 3.63) is 97.9 Å². The molecule has 0 saturated carbocycles. The summed E-state index contributed by atoms with van der Waals surface area (Å²) in [6.07, 6.45) is -2.98. The number of carbonyl (C=O) groups excluding carboxylic acids is 1. The molecular weight excluding hydrogens is 563 g/mol. The van der Waals surface area contributed by atoms with Crippen LogP contribution in [0.1, 0.15) is 22.3 Å². The number of alkyl halides is 3. The lowest BCUT2D eigenvalue weighted by atomic mass is 10.0. The van der Waals surface area contributed by atoms with Gasteiger partial charge in [0.2, 0.25) is 0 Å². The number of benzene rings is 3. The molecule has 0 fully saturated rings. The van der Waals surface area contributed by atoms with E-state index in [9.17, 15) is 27.6 Å². The molecule has 0 unspecified atom stereocenters. The lowest BCUT2D eigenvalue weighted by molar-refractivity contribution is -0.137. The van der Waals surface area contributed by atoms with Crippen LogP contribution in [0.15, 0.2) is 66.2 Å². The van der Waals surface area contributed by atoms with Gasteiger partial charge in [-0.3, -0.25) is 4.79 Å². The van der Waals surface area contributed by atoms with Crippen LogP contribution in [0.3, 0.4) is 0 Å². The van der Waals surface area contributed by atoms with E-state index in [2.05, 4.69) is 27.9 Å². The summed E-state index contributed by atoms with van der Waals surface area (Å²) in [4.78, 5) is 12.5. The van der Waals surface area contributed by atoms with E-state index in [4.69, 9.17) is 4.74 Å². The van der Waals surface area contributed by atoms with Crippen LogP contribution in [-0.2, 0) is 17.4 Å². The first kappa shape index (κ1) is 25.2. The fraction of sp³-hybridized carbons (Fsp3) is 0.120. The predicted octanol–water partition coefficient (Wildman–Crippen LogP) is 6.59. The summed E-state index contributed by atoms with van der Waals surface area (Å²) < 4.78 is 59.0. The molecule has 0 aromatic heterocycles. The van der Waals surface area contributed by atoms with E-state index in [1.807, 2.05) is 0 Å². The number of amides is 1. The Balaban J connectivity index is 1.88. The van der Waals surface area contributed by atoms with Crippen LogP contribution >= 0.6 is 22.6 Å². The number of hydrogen-bond donors (Lipinski definition) is 1. The summed E-state index contributed by atoms with van der Waals surface area (Å²) in [5.41, 5.74) is 0.370. The SMILES string of the molecule is COc1cc(/C=C(\C#N)C(=O)Nc2cccc(C(F)(F)F)c2)cc(I)c1Cc1ccccc1F. The first-order valence-corrected chi connectivity index (χ1v) is 10.9. The molecule has 1 amide bonds. The number of ether oxygens (including phenoxy) is 1. The third kappa shape index (κ3) is 6.14. The van der Waals surface area contributed by atoms with Crippen molar-refractivity contribution in [2.75, 3.05) is 12.4 Å². The Morgan fingerprint density at radius 2 is 1.88 bits per heavy atom. The van der Waals surface area contributed by atoms with Crippen molar-refractivity contribution in [2.45, 2.75) is 12.6 Å². The molecule has 0 radical (unpaired) electrons. The number of nitrogens with one attached hydrogen (secondary N) is 1. The maximum absolute atomic E-state index is 14.1. The Morgan fingerprint density at radius 3 is 2.53 bits per heavy atom. The lowest BCUT2D eigenvalue weighted by Crippen LogP contribution is -2.14. The quantitative estimate of drug-likeness (QED) is 0.155. The maximum Gasteiger partial charge on any atom is 0.416 e. The molecule has 0 aliphatic rings. The van der Waals surface area contributed by atoms with Gasteiger partial charge in [0.05, 0.1) is 12.7 Å². The maximum atomic E-state index is 14.1. The number of hydrogen-bond acceptors (Lipinski definition) is 3. The van der Waals surface area contributed by atoms with Crippen LogP contribution in [0.4, 0.5) is 23.2 Å². The highest BCUT2D eigenvalue weighted by molar-refractivity contribution is 14.1. The molecule has 0 spiro atoms. The fourth-order valence-electron chi connectivity index (χ4n) is 3.19. The summed E-state index contributed by atoms with van der Waals surface area (Å²) >= 11 is 2.06. The van der Waals surface area contributed by atoms with Crippen LogP contribution in [0.5, 0.6) is 5.75 Å². The predicted molar refractivity (Wildman–Crippen MR) is 129 cm³/mol. The zero-order valence-electron chi connectivity index (χ0n) is 17.7. The van der Waals surface area contributed by atoms with Crippen LogP contribution in [0.2, 0.25) is 0 Å². The van der Waals surface area contributed by atoms with Crippen molar-refractivity contribution < 1.29 is 27.1 Å². The Morgan fingerprint density at radius 1 is 1.15 bits per heavy atom. The minimum atomic E-state index is -4.56. The number of halogens is 5. The molecule has 3 aromatic rings. The van der Waals surface area contributed by atoms with E-state index in [0.717, 1.165) is 27.3 Å². The van der Waals surface area contributed by atoms with Crippen molar-refractivity contribution >= 4 is 40.3 Å². The summed E-state index contributed by atoms with van der Waals surface area (Å²) in [7, 11) is 1.45. The van der Waals surface area contributed by atoms with Crippen LogP contribution < -0.4 is 10.1 Å². The van der Waals surface area contributed by atoms with Crippen molar-refractivity contribution in [2.24, 2.45) is 0 Å². The van der Waals surface area contributed by atoms with Crippen LogP contribution in [0, 0.1) is 20.7 Å². The van der Waals surface area contributed by atoms with Gasteiger partial charge in [-0.25, -0.2) is 4.39 Å². The van der Waals surface area contributed by atoms with Crippen molar-refractivity contribution in [1.29, 1.82) is 5.26 Å². The van der Waals surface area contributed by atoms with E-state index in [1.54, 1.807) is 36.4 Å². The second-order valence-corrected chi connectivity index (χ2v) is 8.32. The zero-order valence-corrected chi connectivity index (χ0v) is 19.9. The minimum Gasteiger partial charge on any atom is -0.496 e. The number of nitriles is 1. The van der Waals surface area contributed by atoms with Gasteiger partial charge in [-0.2, -0.15) is 18.4 Å². The highest BCUT2D eigenvalue weighted by Crippen LogP contribution is 2.32. The average Bonchev–Trinajstić information content (AvgIpc) is 2.79. The van der Waals surface area contributed by atoms with Gasteiger partial charge in [-0.1, -0.05) is 24.3 Å². The van der Waals surface area contributed by atoms with Crippen LogP contribution in [0.25, 0.3) is 6.08 Å². The van der Waals surface area contributed by atoms with Gasteiger partial charge < -0.3 is 10.1 Å². The molecule has 0 saturated heterocycles. The topological polar surface area (TPSA) is 62.1 Å². The number of nitrogens with zero attached hydrogens (tertiary/aromatic N) is 1. The Hall–Kier alpha value is -3.39. The standard InChI is InChI=1S/C25H17F4IN2O2/c1-34-23-11-15(10-22(30)20(23)12-16-5-2-3-8-21(16)26)9-17(14-31)24(33)32-19-7-4-6-18(13-19)25(27,28)29/h2-11,13H,12H2,1H3,(H,32,33)/b17-9+. The highest BCUT2D eigenvalue weighted by atomic mass is 127. The molecule has 34 heavy (non-hydrogen) atoms. The summed E-state index contributed by atoms with van der Waals surface area (Å²) in [6.45, 7) is 0. The van der Waals surface area contributed by atoms with Crippen LogP contribution in [-0.4, -0.2) is 13.0 Å². The van der Waals surface area contributed by atoms with E-state index >= 15 is 0 Å². The van der Waals surface area contributed by atoms with Gasteiger partial charge in [-0.15, -0.1) is 0 Å². The first-order valence-electron chi connectivity index (χ1n) is 9.82. The highest BCUT2D eigenvalue weighted by Gasteiger charge is 2.30. The van der Waals surface area contributed by atoms with Crippen molar-refractivity contribution in [3.63, 3.8) is 0 Å². The molecular formula is C25H17F4IN2O2. The monoisotopic (exact) mass is 580 g/mol. The molecule has 0 aliphatic carbocycles. The molecule has 4 nitrogen and oxygen atoms in total. The van der Waals surface area contributed by atoms with Gasteiger partial charge in [0.1, 0.15) is 23.2 Å². The second-order valence-electron chi connectivity index (χ2n) is 7.15. The first-order chi connectivity index (χ1) is 16.1. The summed E-state index contributed by atoms with van der Waals surface area (Å²) in [5, 5.41) is 11.8. The third-order valence-electron chi connectivity index (χ3n) is 4.85. The summed E-state index contributed by atoms with van der Waals surface area (Å²) in [6, 6.07) is 15.6. The van der Waals surface area contributed by atoms with Gasteiger partial charge in [0.15, 0.2) is 0 Å². The molecule has 3 rings (SSSR count). The number of anilines is 1. The zero-order chi connectivity index (χ0) is 24.9. The largest absolute Gasteiger partial charge is 0.496 e. The van der Waals surface area contributed by atoms with E-state index in [1.165, 1.54) is 25.3 Å². The lowest BCUT2D eigenvalue weighted by Gasteiger charge is -2.13. The van der Waals surface area contributed by atoms with E-state index in [0.29, 0.717) is 16.9 Å². The molecule has 174 valence electrons. The molecule has 0 heterocycles. The number of methoxy groups -OCH3 is 1.